The zero-order valence-electron chi connectivity index (χ0n) is 15.7. The number of fused-ring (bicyclic) bond motifs is 1. The first kappa shape index (κ1) is 17.2. The number of ether oxygens (including phenoxy) is 1. The van der Waals surface area contributed by atoms with Crippen molar-refractivity contribution in [2.45, 2.75) is 19.4 Å². The van der Waals surface area contributed by atoms with Gasteiger partial charge in [0.15, 0.2) is 0 Å². The molecular weight excluding hydrogens is 350 g/mol. The number of aromatic nitrogens is 2. The van der Waals surface area contributed by atoms with E-state index < -0.39 is 0 Å². The van der Waals surface area contributed by atoms with Crippen LogP contribution in [-0.2, 0) is 22.5 Å². The maximum Gasteiger partial charge on any atom is 0.228 e. The molecule has 1 aromatic heterocycles. The Labute approximate surface area is 164 Å². The molecule has 0 aliphatic carbocycles. The van der Waals surface area contributed by atoms with Gasteiger partial charge in [0.2, 0.25) is 5.91 Å². The van der Waals surface area contributed by atoms with Crippen LogP contribution in [0.5, 0.6) is 0 Å². The Morgan fingerprint density at radius 2 is 1.79 bits per heavy atom. The van der Waals surface area contributed by atoms with Gasteiger partial charge in [-0.2, -0.15) is 5.10 Å². The largest absolute Gasteiger partial charge is 0.381 e. The third-order valence-electron chi connectivity index (χ3n) is 5.79. The molecular formula is C23H23N3O2. The molecule has 0 spiro atoms. The van der Waals surface area contributed by atoms with Gasteiger partial charge in [0, 0.05) is 42.9 Å². The highest BCUT2D eigenvalue weighted by Crippen LogP contribution is 2.31. The van der Waals surface area contributed by atoms with E-state index in [0.717, 1.165) is 41.9 Å². The molecule has 142 valence electrons. The molecule has 1 atom stereocenters. The highest BCUT2D eigenvalue weighted by molar-refractivity contribution is 5.80. The predicted molar refractivity (Wildman–Crippen MR) is 108 cm³/mol. The number of nitrogens with zero attached hydrogens (tertiary/aromatic N) is 2. The van der Waals surface area contributed by atoms with Crippen molar-refractivity contribution in [1.82, 2.24) is 15.1 Å². The standard InChI is InChI=1S/C23H23N3O2/c27-23(19-11-13-28-15-19)26-12-10-21-20(14-26)22(25-24-21)18-8-6-17(7-9-18)16-4-2-1-3-5-16/h1-9,19H,10-15H2,(H,24,25). The molecule has 28 heavy (non-hydrogen) atoms. The first-order valence-corrected chi connectivity index (χ1v) is 9.88. The van der Waals surface area contributed by atoms with Gasteiger partial charge in [0.05, 0.1) is 18.2 Å². The monoisotopic (exact) mass is 373 g/mol. The fourth-order valence-corrected chi connectivity index (χ4v) is 4.16. The van der Waals surface area contributed by atoms with Crippen LogP contribution in [-0.4, -0.2) is 40.8 Å². The van der Waals surface area contributed by atoms with E-state index in [-0.39, 0.29) is 11.8 Å². The van der Waals surface area contributed by atoms with Crippen LogP contribution in [0.15, 0.2) is 54.6 Å². The molecule has 2 aliphatic heterocycles. The lowest BCUT2D eigenvalue weighted by atomic mass is 9.97. The number of hydrogen-bond acceptors (Lipinski definition) is 3. The average Bonchev–Trinajstić information content (AvgIpc) is 3.44. The smallest absolute Gasteiger partial charge is 0.228 e. The van der Waals surface area contributed by atoms with Gasteiger partial charge in [-0.25, -0.2) is 0 Å². The van der Waals surface area contributed by atoms with Crippen LogP contribution in [0.25, 0.3) is 22.4 Å². The quantitative estimate of drug-likeness (QED) is 0.762. The molecule has 1 unspecified atom stereocenters. The van der Waals surface area contributed by atoms with Crippen LogP contribution in [0.2, 0.25) is 0 Å². The Bertz CT molecular complexity index is 973. The van der Waals surface area contributed by atoms with Gasteiger partial charge < -0.3 is 9.64 Å². The van der Waals surface area contributed by atoms with E-state index >= 15 is 0 Å². The third kappa shape index (κ3) is 3.12. The minimum atomic E-state index is 0.0158. The van der Waals surface area contributed by atoms with Crippen molar-refractivity contribution in [2.24, 2.45) is 5.92 Å². The number of H-pyrrole nitrogens is 1. The molecule has 5 nitrogen and oxygen atoms in total. The van der Waals surface area contributed by atoms with Crippen molar-refractivity contribution >= 4 is 5.91 Å². The molecule has 0 bridgehead atoms. The van der Waals surface area contributed by atoms with Gasteiger partial charge in [-0.15, -0.1) is 0 Å². The van der Waals surface area contributed by atoms with Gasteiger partial charge >= 0.3 is 0 Å². The predicted octanol–water partition coefficient (Wildman–Crippen LogP) is 3.66. The van der Waals surface area contributed by atoms with Crippen LogP contribution in [0.1, 0.15) is 17.7 Å². The van der Waals surface area contributed by atoms with Crippen LogP contribution < -0.4 is 0 Å². The van der Waals surface area contributed by atoms with Crippen LogP contribution in [0.4, 0.5) is 0 Å². The Hall–Kier alpha value is -2.92. The Balaban J connectivity index is 1.39. The van der Waals surface area contributed by atoms with Gasteiger partial charge in [0.1, 0.15) is 0 Å². The van der Waals surface area contributed by atoms with E-state index in [1.165, 1.54) is 11.1 Å². The van der Waals surface area contributed by atoms with Crippen LogP contribution in [0.3, 0.4) is 0 Å². The summed E-state index contributed by atoms with van der Waals surface area (Å²) < 4.78 is 5.40. The number of nitrogens with one attached hydrogen (secondary N) is 1. The maximum absolute atomic E-state index is 12.8. The van der Waals surface area contributed by atoms with Gasteiger partial charge in [-0.1, -0.05) is 54.6 Å². The second-order valence-corrected chi connectivity index (χ2v) is 7.54. The minimum absolute atomic E-state index is 0.0158. The van der Waals surface area contributed by atoms with E-state index in [2.05, 4.69) is 46.6 Å². The highest BCUT2D eigenvalue weighted by Gasteiger charge is 2.31. The highest BCUT2D eigenvalue weighted by atomic mass is 16.5. The van der Waals surface area contributed by atoms with Crippen molar-refractivity contribution < 1.29 is 9.53 Å². The second kappa shape index (κ2) is 7.24. The van der Waals surface area contributed by atoms with Crippen molar-refractivity contribution in [3.8, 4) is 22.4 Å². The first-order chi connectivity index (χ1) is 13.8. The Kier molecular flexibility index (Phi) is 4.45. The molecule has 1 saturated heterocycles. The number of hydrogen-bond donors (Lipinski definition) is 1. The lowest BCUT2D eigenvalue weighted by molar-refractivity contribution is -0.136. The van der Waals surface area contributed by atoms with E-state index in [9.17, 15) is 4.79 Å². The normalized spacial score (nSPS) is 18.9. The topological polar surface area (TPSA) is 58.2 Å². The molecule has 1 N–H and O–H groups in total. The summed E-state index contributed by atoms with van der Waals surface area (Å²) in [5, 5.41) is 7.76. The van der Waals surface area contributed by atoms with Crippen molar-refractivity contribution in [1.29, 1.82) is 0 Å². The molecule has 2 aliphatic rings. The maximum atomic E-state index is 12.8. The van der Waals surface area contributed by atoms with Crippen molar-refractivity contribution in [3.05, 3.63) is 65.9 Å². The molecule has 0 radical (unpaired) electrons. The molecule has 2 aromatic carbocycles. The zero-order chi connectivity index (χ0) is 18.9. The lowest BCUT2D eigenvalue weighted by Crippen LogP contribution is -2.40. The number of benzene rings is 2. The summed E-state index contributed by atoms with van der Waals surface area (Å²) in [6.07, 6.45) is 1.66. The molecule has 3 heterocycles. The molecule has 0 saturated carbocycles. The zero-order valence-corrected chi connectivity index (χ0v) is 15.7. The number of rotatable bonds is 3. The van der Waals surface area contributed by atoms with Gasteiger partial charge in [-0.3, -0.25) is 9.89 Å². The van der Waals surface area contributed by atoms with E-state index in [0.29, 0.717) is 19.8 Å². The second-order valence-electron chi connectivity index (χ2n) is 7.54. The van der Waals surface area contributed by atoms with E-state index in [1.807, 2.05) is 23.1 Å². The third-order valence-corrected chi connectivity index (χ3v) is 5.79. The molecule has 5 rings (SSSR count). The van der Waals surface area contributed by atoms with E-state index in [4.69, 9.17) is 4.74 Å². The van der Waals surface area contributed by atoms with Crippen molar-refractivity contribution in [2.75, 3.05) is 19.8 Å². The van der Waals surface area contributed by atoms with Crippen molar-refractivity contribution in [3.63, 3.8) is 0 Å². The molecule has 3 aromatic rings. The lowest BCUT2D eigenvalue weighted by Gasteiger charge is -2.29. The first-order valence-electron chi connectivity index (χ1n) is 9.88. The van der Waals surface area contributed by atoms with Gasteiger partial charge in [-0.05, 0) is 17.5 Å². The summed E-state index contributed by atoms with van der Waals surface area (Å²) in [4.78, 5) is 14.8. The fourth-order valence-electron chi connectivity index (χ4n) is 4.16. The number of carbonyl (C=O) groups is 1. The van der Waals surface area contributed by atoms with E-state index in [1.54, 1.807) is 0 Å². The fraction of sp³-hybridized carbons (Fsp3) is 0.304. The summed E-state index contributed by atoms with van der Waals surface area (Å²) in [5.74, 6) is 0.233. The van der Waals surface area contributed by atoms with Crippen LogP contribution in [0, 0.1) is 5.92 Å². The summed E-state index contributed by atoms with van der Waals surface area (Å²) in [6.45, 7) is 2.62. The van der Waals surface area contributed by atoms with Gasteiger partial charge in [0.25, 0.3) is 0 Å². The average molecular weight is 373 g/mol. The number of aromatic amines is 1. The summed E-state index contributed by atoms with van der Waals surface area (Å²) >= 11 is 0. The minimum Gasteiger partial charge on any atom is -0.381 e. The summed E-state index contributed by atoms with van der Waals surface area (Å²) in [6, 6.07) is 18.8. The Morgan fingerprint density at radius 3 is 2.54 bits per heavy atom. The van der Waals surface area contributed by atoms with Crippen LogP contribution >= 0.6 is 0 Å². The number of amides is 1. The number of carbonyl (C=O) groups excluding carboxylic acids is 1. The summed E-state index contributed by atoms with van der Waals surface area (Å²) in [7, 11) is 0. The molecule has 5 heteroatoms. The summed E-state index contributed by atoms with van der Waals surface area (Å²) in [5.41, 5.74) is 6.71. The molecule has 1 amide bonds. The Morgan fingerprint density at radius 1 is 1.04 bits per heavy atom. The molecule has 1 fully saturated rings. The SMILES string of the molecule is O=C(C1CCOC1)N1CCc2[nH]nc(-c3ccc(-c4ccccc4)cc3)c2C1.